The maximum absolute atomic E-state index is 13.8. The maximum atomic E-state index is 13.8. The number of aliphatic hydroxyl groups excluding tert-OH is 1. The zero-order valence-electron chi connectivity index (χ0n) is 18.8. The van der Waals surface area contributed by atoms with E-state index in [4.69, 9.17) is 0 Å². The Morgan fingerprint density at radius 3 is 2.81 bits per heavy atom. The molecular formula is C24H21F4N5O2S. The van der Waals surface area contributed by atoms with Crippen molar-refractivity contribution in [1.82, 2.24) is 10.3 Å². The van der Waals surface area contributed by atoms with Crippen LogP contribution in [0.25, 0.3) is 5.57 Å². The zero-order valence-corrected chi connectivity index (χ0v) is 19.6. The molecule has 7 nitrogen and oxygen atoms in total. The van der Waals surface area contributed by atoms with Gasteiger partial charge in [0.2, 0.25) is 5.88 Å². The monoisotopic (exact) mass is 519 g/mol. The van der Waals surface area contributed by atoms with Gasteiger partial charge >= 0.3 is 6.18 Å². The Morgan fingerprint density at radius 1 is 1.19 bits per heavy atom. The maximum Gasteiger partial charge on any atom is 0.416 e. The SMILES string of the molecule is OC[C@H]1CN(c2nc(O)c(C(Cc3ccc(F)cc3C(F)(F)F)=c3ccc4c(c3)C=NN=4)s2)CCN1. The average Bonchev–Trinajstić information content (AvgIpc) is 3.48. The van der Waals surface area contributed by atoms with Crippen LogP contribution in [0.5, 0.6) is 5.88 Å². The summed E-state index contributed by atoms with van der Waals surface area (Å²) in [6, 6.07) is 7.57. The van der Waals surface area contributed by atoms with Crippen LogP contribution >= 0.6 is 11.3 Å². The van der Waals surface area contributed by atoms with Crippen molar-refractivity contribution in [3.05, 3.63) is 74.4 Å². The lowest BCUT2D eigenvalue weighted by Crippen LogP contribution is -2.52. The molecule has 1 atom stereocenters. The van der Waals surface area contributed by atoms with Crippen molar-refractivity contribution < 1.29 is 27.8 Å². The summed E-state index contributed by atoms with van der Waals surface area (Å²) in [6.07, 6.45) is -3.44. The summed E-state index contributed by atoms with van der Waals surface area (Å²) in [6.45, 7) is 1.59. The molecule has 188 valence electrons. The summed E-state index contributed by atoms with van der Waals surface area (Å²) >= 11 is 1.16. The van der Waals surface area contributed by atoms with Crippen molar-refractivity contribution in [2.75, 3.05) is 31.1 Å². The number of piperazine rings is 1. The lowest BCUT2D eigenvalue weighted by Gasteiger charge is -2.32. The van der Waals surface area contributed by atoms with E-state index < -0.39 is 17.6 Å². The van der Waals surface area contributed by atoms with Crippen LogP contribution in [0.4, 0.5) is 22.7 Å². The Morgan fingerprint density at radius 2 is 2.03 bits per heavy atom. The standard InChI is InChI=1S/C24H21F4N5O2S/c25-16-3-1-14(19(9-16)24(26,27)28)8-18(13-2-4-20-15(7-13)10-30-32-20)21-22(35)31-23(36-21)33-6-5-29-17(11-33)12-34/h1-4,7,9-10,17,29,34-35H,5-6,8,11-12H2/t17-/m1/s1. The Bertz CT molecular complexity index is 1450. The lowest BCUT2D eigenvalue weighted by molar-refractivity contribution is -0.138. The second kappa shape index (κ2) is 9.60. The number of halogens is 4. The van der Waals surface area contributed by atoms with E-state index in [0.717, 1.165) is 23.5 Å². The number of nitrogens with one attached hydrogen (secondary N) is 1. The number of benzene rings is 2. The molecule has 2 aliphatic heterocycles. The van der Waals surface area contributed by atoms with Gasteiger partial charge in [-0.2, -0.15) is 28.4 Å². The number of aromatic hydroxyl groups is 1. The quantitative estimate of drug-likeness (QED) is 0.450. The molecule has 2 aliphatic rings. The van der Waals surface area contributed by atoms with E-state index in [1.54, 1.807) is 24.4 Å². The first-order valence-corrected chi connectivity index (χ1v) is 11.9. The van der Waals surface area contributed by atoms with Gasteiger partial charge in [-0.3, -0.25) is 0 Å². The topological polar surface area (TPSA) is 93.3 Å². The van der Waals surface area contributed by atoms with Crippen molar-refractivity contribution in [3.63, 3.8) is 0 Å². The van der Waals surface area contributed by atoms with E-state index in [9.17, 15) is 27.8 Å². The summed E-state index contributed by atoms with van der Waals surface area (Å²) in [7, 11) is 0. The summed E-state index contributed by atoms with van der Waals surface area (Å²) in [5.74, 6) is -1.29. The van der Waals surface area contributed by atoms with Crippen molar-refractivity contribution in [1.29, 1.82) is 0 Å². The minimum absolute atomic E-state index is 0.0649. The Kier molecular flexibility index (Phi) is 6.49. The number of rotatable bonds is 5. The number of thiazole rings is 1. The van der Waals surface area contributed by atoms with E-state index in [2.05, 4.69) is 20.5 Å². The minimum Gasteiger partial charge on any atom is -0.492 e. The fourth-order valence-electron chi connectivity index (χ4n) is 4.32. The van der Waals surface area contributed by atoms with Crippen LogP contribution in [0, 0.1) is 5.82 Å². The van der Waals surface area contributed by atoms with Crippen LogP contribution in [0.2, 0.25) is 0 Å². The van der Waals surface area contributed by atoms with Gasteiger partial charge in [0.05, 0.1) is 28.6 Å². The van der Waals surface area contributed by atoms with Crippen LogP contribution in [0.1, 0.15) is 21.6 Å². The van der Waals surface area contributed by atoms with E-state index >= 15 is 0 Å². The Labute approximate surface area is 206 Å². The van der Waals surface area contributed by atoms with Crippen LogP contribution in [0.3, 0.4) is 0 Å². The molecule has 0 amide bonds. The van der Waals surface area contributed by atoms with Gasteiger partial charge in [-0.05, 0) is 40.6 Å². The van der Waals surface area contributed by atoms with Crippen LogP contribution < -0.4 is 20.8 Å². The molecule has 5 rings (SSSR count). The highest BCUT2D eigenvalue weighted by Gasteiger charge is 2.34. The molecule has 1 aromatic heterocycles. The molecule has 0 spiro atoms. The highest BCUT2D eigenvalue weighted by molar-refractivity contribution is 7.17. The van der Waals surface area contributed by atoms with Crippen molar-refractivity contribution >= 4 is 28.3 Å². The molecule has 3 aromatic rings. The van der Waals surface area contributed by atoms with Gasteiger partial charge in [0.25, 0.3) is 0 Å². The molecule has 3 N–H and O–H groups in total. The second-order valence-corrected chi connectivity index (χ2v) is 9.48. The fraction of sp³-hybridized carbons (Fsp3) is 0.292. The van der Waals surface area contributed by atoms with Crippen molar-refractivity contribution in [2.45, 2.75) is 18.6 Å². The molecular weight excluding hydrogens is 498 g/mol. The molecule has 0 unspecified atom stereocenters. The van der Waals surface area contributed by atoms with Crippen LogP contribution in [-0.2, 0) is 12.6 Å². The number of hydrogen-bond acceptors (Lipinski definition) is 8. The first kappa shape index (κ1) is 24.3. The van der Waals surface area contributed by atoms with Gasteiger partial charge in [-0.25, -0.2) is 4.39 Å². The third-order valence-corrected chi connectivity index (χ3v) is 7.27. The van der Waals surface area contributed by atoms with E-state index in [1.807, 2.05) is 4.90 Å². The summed E-state index contributed by atoms with van der Waals surface area (Å²) < 4.78 is 55.0. The number of aliphatic hydroxyl groups is 1. The average molecular weight is 520 g/mol. The van der Waals surface area contributed by atoms with Gasteiger partial charge in [0, 0.05) is 37.7 Å². The van der Waals surface area contributed by atoms with Gasteiger partial charge in [0.1, 0.15) is 5.82 Å². The third kappa shape index (κ3) is 4.84. The van der Waals surface area contributed by atoms with E-state index in [0.29, 0.717) is 57.4 Å². The molecule has 0 aliphatic carbocycles. The lowest BCUT2D eigenvalue weighted by atomic mass is 9.96. The molecule has 1 fully saturated rings. The zero-order chi connectivity index (χ0) is 25.4. The van der Waals surface area contributed by atoms with Crippen molar-refractivity contribution in [2.24, 2.45) is 10.2 Å². The highest BCUT2D eigenvalue weighted by atomic mass is 32.1. The number of fused-ring (bicyclic) bond motifs is 1. The molecule has 1 saturated heterocycles. The number of anilines is 1. The largest absolute Gasteiger partial charge is 0.492 e. The predicted octanol–water partition coefficient (Wildman–Crippen LogP) is 2.19. The summed E-state index contributed by atoms with van der Waals surface area (Å²) in [4.78, 5) is 6.52. The number of alkyl halides is 3. The first-order valence-electron chi connectivity index (χ1n) is 11.1. The molecule has 0 radical (unpaired) electrons. The van der Waals surface area contributed by atoms with Gasteiger partial charge in [-0.1, -0.05) is 23.5 Å². The molecule has 0 bridgehead atoms. The molecule has 12 heteroatoms. The fourth-order valence-corrected chi connectivity index (χ4v) is 5.37. The normalized spacial score (nSPS) is 18.2. The van der Waals surface area contributed by atoms with Crippen LogP contribution in [0.15, 0.2) is 46.6 Å². The highest BCUT2D eigenvalue weighted by Crippen LogP contribution is 2.39. The third-order valence-electron chi connectivity index (χ3n) is 6.10. The minimum atomic E-state index is -4.76. The summed E-state index contributed by atoms with van der Waals surface area (Å²) in [5.41, 5.74) is -0.105. The Balaban J connectivity index is 1.64. The predicted molar refractivity (Wildman–Crippen MR) is 127 cm³/mol. The van der Waals surface area contributed by atoms with Crippen molar-refractivity contribution in [3.8, 4) is 5.88 Å². The molecule has 3 heterocycles. The van der Waals surface area contributed by atoms with Crippen LogP contribution in [-0.4, -0.2) is 53.7 Å². The second-order valence-electron chi connectivity index (χ2n) is 8.50. The number of nitrogens with zero attached hydrogens (tertiary/aromatic N) is 4. The first-order chi connectivity index (χ1) is 17.2. The van der Waals surface area contributed by atoms with E-state index in [-0.39, 0.29) is 30.5 Å². The number of hydrogen-bond donors (Lipinski definition) is 3. The molecule has 0 saturated carbocycles. The Hall–Kier alpha value is -3.35. The molecule has 2 aromatic carbocycles. The van der Waals surface area contributed by atoms with Gasteiger partial charge in [0.15, 0.2) is 5.13 Å². The molecule has 36 heavy (non-hydrogen) atoms. The number of aromatic nitrogens is 1. The van der Waals surface area contributed by atoms with E-state index in [1.165, 1.54) is 0 Å². The van der Waals surface area contributed by atoms with Gasteiger partial charge < -0.3 is 20.4 Å². The summed E-state index contributed by atoms with van der Waals surface area (Å²) in [5, 5.41) is 33.1. The van der Waals surface area contributed by atoms with Gasteiger partial charge in [-0.15, -0.1) is 0 Å². The smallest absolute Gasteiger partial charge is 0.416 e.